The van der Waals surface area contributed by atoms with E-state index < -0.39 is 16.2 Å². The molecule has 0 unspecified atom stereocenters. The highest BCUT2D eigenvalue weighted by Crippen LogP contribution is 2.05. The molecule has 0 spiro atoms. The van der Waals surface area contributed by atoms with Crippen LogP contribution in [0.15, 0.2) is 24.3 Å². The van der Waals surface area contributed by atoms with Crippen molar-refractivity contribution >= 4 is 9.76 Å². The van der Waals surface area contributed by atoms with Gasteiger partial charge in [0.25, 0.3) is 6.48 Å². The van der Waals surface area contributed by atoms with Gasteiger partial charge >= 0.3 is 0 Å². The zero-order valence-corrected chi connectivity index (χ0v) is 9.10. The van der Waals surface area contributed by atoms with Gasteiger partial charge in [-0.25, -0.2) is 4.39 Å². The number of benzene rings is 1. The van der Waals surface area contributed by atoms with Gasteiger partial charge < -0.3 is 14.6 Å². The molecule has 0 radical (unpaired) electrons. The van der Waals surface area contributed by atoms with Crippen molar-refractivity contribution in [3.8, 4) is 0 Å². The van der Waals surface area contributed by atoms with Crippen LogP contribution in [-0.4, -0.2) is 26.5 Å². The molecule has 0 aromatic heterocycles. The summed E-state index contributed by atoms with van der Waals surface area (Å²) in [6.07, 6.45) is 0.791. The Morgan fingerprint density at radius 2 is 1.93 bits per heavy atom. The molecule has 5 heteroatoms. The smallest absolute Gasteiger partial charge is 0.256 e. The van der Waals surface area contributed by atoms with Crippen LogP contribution in [0.3, 0.4) is 0 Å². The van der Waals surface area contributed by atoms with Gasteiger partial charge in [0.15, 0.2) is 9.76 Å². The van der Waals surface area contributed by atoms with Gasteiger partial charge in [0.2, 0.25) is 0 Å². The van der Waals surface area contributed by atoms with E-state index in [2.05, 4.69) is 4.43 Å². The minimum Gasteiger partial charge on any atom is -0.379 e. The zero-order valence-electron chi connectivity index (χ0n) is 7.69. The summed E-state index contributed by atoms with van der Waals surface area (Å²) in [7, 11) is -0.883. The van der Waals surface area contributed by atoms with Crippen LogP contribution in [0.4, 0.5) is 4.39 Å². The molecule has 78 valence electrons. The number of aliphatic hydroxyl groups is 2. The Hall–Kier alpha value is -0.753. The third-order valence-corrected chi connectivity index (χ3v) is 2.97. The third-order valence-electron chi connectivity index (χ3n) is 1.79. The van der Waals surface area contributed by atoms with Gasteiger partial charge in [-0.3, -0.25) is 0 Å². The number of aliphatic hydroxyl groups excluding tert-OH is 1. The highest BCUT2D eigenvalue weighted by atomic mass is 28.2. The fraction of sp³-hybridized carbons (Fsp3) is 0.333. The standard InChI is InChI=1S/C9H13FO3Si/c10-8-3-1-7(2-4-8)5-6-14-13-9(11)12/h1-4,9,11-12H,5-6,14H2. The summed E-state index contributed by atoms with van der Waals surface area (Å²) in [5, 5.41) is 16.8. The first-order valence-corrected chi connectivity index (χ1v) is 5.98. The largest absolute Gasteiger partial charge is 0.379 e. The molecule has 2 N–H and O–H groups in total. The SMILES string of the molecule is OC(O)O[SiH2]CCc1ccc(F)cc1. The van der Waals surface area contributed by atoms with Crippen LogP contribution in [0.5, 0.6) is 0 Å². The van der Waals surface area contributed by atoms with Crippen LogP contribution in [0.2, 0.25) is 6.04 Å². The lowest BCUT2D eigenvalue weighted by molar-refractivity contribution is -0.180. The van der Waals surface area contributed by atoms with Crippen LogP contribution in [0.25, 0.3) is 0 Å². The van der Waals surface area contributed by atoms with Gasteiger partial charge in [-0.15, -0.1) is 0 Å². The van der Waals surface area contributed by atoms with Crippen molar-refractivity contribution in [1.29, 1.82) is 0 Å². The first-order valence-electron chi connectivity index (χ1n) is 4.40. The second-order valence-electron chi connectivity index (χ2n) is 2.93. The molecule has 0 saturated heterocycles. The fourth-order valence-corrected chi connectivity index (χ4v) is 2.05. The Labute approximate surface area is 84.1 Å². The summed E-state index contributed by atoms with van der Waals surface area (Å²) in [6.45, 7) is -1.64. The van der Waals surface area contributed by atoms with Crippen molar-refractivity contribution in [2.24, 2.45) is 0 Å². The van der Waals surface area contributed by atoms with Gasteiger partial charge in [-0.2, -0.15) is 0 Å². The second-order valence-corrected chi connectivity index (χ2v) is 4.38. The van der Waals surface area contributed by atoms with Crippen molar-refractivity contribution in [2.45, 2.75) is 18.9 Å². The lowest BCUT2D eigenvalue weighted by Gasteiger charge is -2.04. The first kappa shape index (κ1) is 11.3. The lowest BCUT2D eigenvalue weighted by atomic mass is 10.2. The Balaban J connectivity index is 2.21. The van der Waals surface area contributed by atoms with Crippen LogP contribution < -0.4 is 0 Å². The topological polar surface area (TPSA) is 49.7 Å². The van der Waals surface area contributed by atoms with E-state index in [1.165, 1.54) is 12.1 Å². The molecule has 1 aromatic carbocycles. The molecular weight excluding hydrogens is 203 g/mol. The highest BCUT2D eigenvalue weighted by molar-refractivity contribution is 6.27. The summed E-state index contributed by atoms with van der Waals surface area (Å²) in [5.41, 5.74) is 1.04. The fourth-order valence-electron chi connectivity index (χ4n) is 1.12. The zero-order chi connectivity index (χ0) is 10.4. The van der Waals surface area contributed by atoms with E-state index in [1.807, 2.05) is 0 Å². The minimum atomic E-state index is -1.64. The molecule has 14 heavy (non-hydrogen) atoms. The third kappa shape index (κ3) is 4.47. The van der Waals surface area contributed by atoms with Crippen molar-refractivity contribution < 1.29 is 19.0 Å². The van der Waals surface area contributed by atoms with Crippen LogP contribution in [0, 0.1) is 5.82 Å². The Morgan fingerprint density at radius 1 is 1.29 bits per heavy atom. The van der Waals surface area contributed by atoms with Gasteiger partial charge in [-0.05, 0) is 30.2 Å². The first-order chi connectivity index (χ1) is 6.68. The Bertz CT molecular complexity index is 263. The molecule has 0 saturated carbocycles. The van der Waals surface area contributed by atoms with E-state index in [9.17, 15) is 4.39 Å². The normalized spacial score (nSPS) is 11.7. The van der Waals surface area contributed by atoms with Crippen molar-refractivity contribution in [3.63, 3.8) is 0 Å². The molecule has 0 aliphatic carbocycles. The molecule has 1 rings (SSSR count). The van der Waals surface area contributed by atoms with E-state index in [0.29, 0.717) is 0 Å². The average Bonchev–Trinajstić information content (AvgIpc) is 2.15. The molecule has 0 aliphatic heterocycles. The van der Waals surface area contributed by atoms with Crippen molar-refractivity contribution in [3.05, 3.63) is 35.6 Å². The molecule has 0 aliphatic rings. The molecule has 1 aromatic rings. The predicted octanol–water partition coefficient (Wildman–Crippen LogP) is 0.155. The van der Waals surface area contributed by atoms with Gasteiger partial charge in [0.1, 0.15) is 5.82 Å². The molecule has 0 atom stereocenters. The summed E-state index contributed by atoms with van der Waals surface area (Å²) >= 11 is 0. The van der Waals surface area contributed by atoms with E-state index >= 15 is 0 Å². The molecule has 0 bridgehead atoms. The maximum Gasteiger partial charge on any atom is 0.256 e. The lowest BCUT2D eigenvalue weighted by Crippen LogP contribution is -2.13. The summed E-state index contributed by atoms with van der Waals surface area (Å²) in [4.78, 5) is 0. The summed E-state index contributed by atoms with van der Waals surface area (Å²) in [5.74, 6) is -0.243. The van der Waals surface area contributed by atoms with Gasteiger partial charge in [-0.1, -0.05) is 12.1 Å². The van der Waals surface area contributed by atoms with E-state index in [-0.39, 0.29) is 5.82 Å². The number of hydrogen-bond acceptors (Lipinski definition) is 3. The van der Waals surface area contributed by atoms with Crippen LogP contribution in [0.1, 0.15) is 5.56 Å². The average molecular weight is 216 g/mol. The number of halogens is 1. The van der Waals surface area contributed by atoms with Crippen molar-refractivity contribution in [2.75, 3.05) is 0 Å². The number of hydrogen-bond donors (Lipinski definition) is 2. The number of rotatable bonds is 5. The molecule has 0 heterocycles. The molecule has 0 fully saturated rings. The van der Waals surface area contributed by atoms with Crippen LogP contribution in [-0.2, 0) is 10.8 Å². The molecule has 3 nitrogen and oxygen atoms in total. The number of aryl methyl sites for hydroxylation is 1. The minimum absolute atomic E-state index is 0.243. The monoisotopic (exact) mass is 216 g/mol. The summed E-state index contributed by atoms with van der Waals surface area (Å²) < 4.78 is 17.2. The van der Waals surface area contributed by atoms with E-state index in [1.54, 1.807) is 12.1 Å². The maximum absolute atomic E-state index is 12.5. The second kappa shape index (κ2) is 5.87. The van der Waals surface area contributed by atoms with Crippen molar-refractivity contribution in [1.82, 2.24) is 0 Å². The maximum atomic E-state index is 12.5. The Kier molecular flexibility index (Phi) is 4.75. The highest BCUT2D eigenvalue weighted by Gasteiger charge is 1.98. The molecular formula is C9H13FO3Si. The summed E-state index contributed by atoms with van der Waals surface area (Å²) in [6, 6.07) is 7.08. The van der Waals surface area contributed by atoms with Gasteiger partial charge in [0, 0.05) is 0 Å². The Morgan fingerprint density at radius 3 is 2.50 bits per heavy atom. The van der Waals surface area contributed by atoms with E-state index in [4.69, 9.17) is 10.2 Å². The quantitative estimate of drug-likeness (QED) is 0.418. The van der Waals surface area contributed by atoms with E-state index in [0.717, 1.165) is 18.0 Å². The molecule has 0 amide bonds. The van der Waals surface area contributed by atoms with Crippen LogP contribution >= 0.6 is 0 Å². The van der Waals surface area contributed by atoms with Gasteiger partial charge in [0.05, 0.1) is 0 Å². The predicted molar refractivity (Wildman–Crippen MR) is 52.8 cm³/mol.